The summed E-state index contributed by atoms with van der Waals surface area (Å²) in [7, 11) is 4.25. The van der Waals surface area contributed by atoms with Crippen LogP contribution in [0.1, 0.15) is 44.1 Å². The zero-order valence-corrected chi connectivity index (χ0v) is 12.3. The van der Waals surface area contributed by atoms with Crippen molar-refractivity contribution in [2.24, 2.45) is 11.7 Å². The monoisotopic (exact) mass is 267 g/mol. The summed E-state index contributed by atoms with van der Waals surface area (Å²) in [5, 5.41) is 4.14. The zero-order valence-electron chi connectivity index (χ0n) is 12.3. The maximum Gasteiger partial charge on any atom is 0.243 e. The highest BCUT2D eigenvalue weighted by Crippen LogP contribution is 2.23. The molecule has 2 rings (SSSR count). The van der Waals surface area contributed by atoms with Gasteiger partial charge in [0.1, 0.15) is 0 Å². The van der Waals surface area contributed by atoms with Crippen molar-refractivity contribution >= 4 is 0 Å². The molecule has 2 N–H and O–H groups in total. The van der Waals surface area contributed by atoms with Crippen molar-refractivity contribution in [3.63, 3.8) is 0 Å². The van der Waals surface area contributed by atoms with Crippen molar-refractivity contribution in [1.82, 2.24) is 19.9 Å². The van der Waals surface area contributed by atoms with Gasteiger partial charge < -0.3 is 15.2 Å². The van der Waals surface area contributed by atoms with Crippen LogP contribution in [-0.2, 0) is 0 Å². The van der Waals surface area contributed by atoms with E-state index in [9.17, 15) is 0 Å². The van der Waals surface area contributed by atoms with Crippen molar-refractivity contribution in [3.05, 3.63) is 11.7 Å². The van der Waals surface area contributed by atoms with Gasteiger partial charge in [0.15, 0.2) is 5.82 Å². The predicted molar refractivity (Wildman–Crippen MR) is 73.5 cm³/mol. The van der Waals surface area contributed by atoms with Crippen LogP contribution in [0, 0.1) is 5.92 Å². The molecule has 0 spiro atoms. The van der Waals surface area contributed by atoms with E-state index in [1.54, 1.807) is 0 Å². The highest BCUT2D eigenvalue weighted by Gasteiger charge is 2.28. The van der Waals surface area contributed by atoms with Crippen LogP contribution in [0.3, 0.4) is 0 Å². The van der Waals surface area contributed by atoms with E-state index >= 15 is 0 Å². The summed E-state index contributed by atoms with van der Waals surface area (Å²) in [4.78, 5) is 9.11. The maximum absolute atomic E-state index is 6.05. The third kappa shape index (κ3) is 3.32. The Morgan fingerprint density at radius 3 is 2.74 bits per heavy atom. The lowest BCUT2D eigenvalue weighted by Gasteiger charge is -2.24. The fourth-order valence-corrected chi connectivity index (χ4v) is 2.35. The molecular weight excluding hydrogens is 242 g/mol. The molecule has 1 fully saturated rings. The minimum absolute atomic E-state index is 0.185. The van der Waals surface area contributed by atoms with Gasteiger partial charge in [-0.2, -0.15) is 4.98 Å². The SMILES string of the molecule is CC(C)C(N)c1nc(C2CN(C)CCCN2C)no1. The van der Waals surface area contributed by atoms with Gasteiger partial charge in [0.05, 0.1) is 12.1 Å². The predicted octanol–water partition coefficient (Wildman–Crippen LogP) is 1.03. The van der Waals surface area contributed by atoms with Gasteiger partial charge in [0.2, 0.25) is 5.89 Å². The van der Waals surface area contributed by atoms with E-state index in [0.29, 0.717) is 11.8 Å². The summed E-state index contributed by atoms with van der Waals surface area (Å²) < 4.78 is 5.33. The van der Waals surface area contributed by atoms with Gasteiger partial charge in [-0.05, 0) is 39.5 Å². The highest BCUT2D eigenvalue weighted by molar-refractivity contribution is 5.00. The molecule has 2 heterocycles. The largest absolute Gasteiger partial charge is 0.338 e. The van der Waals surface area contributed by atoms with Crippen LogP contribution in [-0.4, -0.2) is 53.7 Å². The number of nitrogens with zero attached hydrogens (tertiary/aromatic N) is 4. The molecule has 6 heteroatoms. The summed E-state index contributed by atoms with van der Waals surface area (Å²) in [6.45, 7) is 7.19. The molecular formula is C13H25N5O. The molecule has 0 radical (unpaired) electrons. The lowest BCUT2D eigenvalue weighted by atomic mass is 10.1. The molecule has 2 atom stereocenters. The van der Waals surface area contributed by atoms with Gasteiger partial charge in [-0.1, -0.05) is 19.0 Å². The molecule has 1 aromatic heterocycles. The Labute approximate surface area is 114 Å². The summed E-state index contributed by atoms with van der Waals surface area (Å²) in [5.74, 6) is 1.59. The summed E-state index contributed by atoms with van der Waals surface area (Å²) in [6, 6.07) is -0.000531. The average Bonchev–Trinajstić information content (AvgIpc) is 2.77. The van der Waals surface area contributed by atoms with Crippen molar-refractivity contribution in [2.75, 3.05) is 33.7 Å². The first-order valence-electron chi connectivity index (χ1n) is 6.97. The molecule has 1 aliphatic rings. The molecule has 2 unspecified atom stereocenters. The minimum Gasteiger partial charge on any atom is -0.338 e. The van der Waals surface area contributed by atoms with Crippen LogP contribution < -0.4 is 5.73 Å². The van der Waals surface area contributed by atoms with E-state index < -0.39 is 0 Å². The van der Waals surface area contributed by atoms with Crippen LogP contribution in [0.2, 0.25) is 0 Å². The summed E-state index contributed by atoms with van der Waals surface area (Å²) >= 11 is 0. The number of hydrogen-bond acceptors (Lipinski definition) is 6. The van der Waals surface area contributed by atoms with E-state index in [2.05, 4.69) is 47.9 Å². The topological polar surface area (TPSA) is 71.4 Å². The molecule has 1 aromatic rings. The van der Waals surface area contributed by atoms with Crippen LogP contribution in [0.4, 0.5) is 0 Å². The molecule has 1 saturated heterocycles. The fourth-order valence-electron chi connectivity index (χ4n) is 2.35. The fraction of sp³-hybridized carbons (Fsp3) is 0.846. The van der Waals surface area contributed by atoms with E-state index in [0.717, 1.165) is 25.5 Å². The van der Waals surface area contributed by atoms with Crippen LogP contribution in [0.25, 0.3) is 0 Å². The number of likely N-dealkylation sites (N-methyl/N-ethyl adjacent to an activating group) is 2. The van der Waals surface area contributed by atoms with Gasteiger partial charge in [-0.3, -0.25) is 4.90 Å². The van der Waals surface area contributed by atoms with Gasteiger partial charge in [0.25, 0.3) is 0 Å². The highest BCUT2D eigenvalue weighted by atomic mass is 16.5. The van der Waals surface area contributed by atoms with Crippen LogP contribution >= 0.6 is 0 Å². The molecule has 108 valence electrons. The molecule has 1 aliphatic heterocycles. The van der Waals surface area contributed by atoms with E-state index in [-0.39, 0.29) is 12.1 Å². The molecule has 0 amide bonds. The van der Waals surface area contributed by atoms with Crippen LogP contribution in [0.5, 0.6) is 0 Å². The zero-order chi connectivity index (χ0) is 14.0. The Morgan fingerprint density at radius 2 is 2.05 bits per heavy atom. The second kappa shape index (κ2) is 5.98. The first-order valence-corrected chi connectivity index (χ1v) is 6.97. The van der Waals surface area contributed by atoms with Crippen molar-refractivity contribution in [1.29, 1.82) is 0 Å². The Hall–Kier alpha value is -0.980. The van der Waals surface area contributed by atoms with Crippen molar-refractivity contribution in [2.45, 2.75) is 32.4 Å². The molecule has 0 aromatic carbocycles. The standard InChI is InChI=1S/C13H25N5O/c1-9(2)11(14)13-15-12(16-19-13)10-8-17(3)6-5-7-18(10)4/h9-11H,5-8,14H2,1-4H3. The lowest BCUT2D eigenvalue weighted by molar-refractivity contribution is 0.214. The number of nitrogens with two attached hydrogens (primary N) is 1. The van der Waals surface area contributed by atoms with E-state index in [1.807, 2.05) is 0 Å². The average molecular weight is 267 g/mol. The number of rotatable bonds is 3. The minimum atomic E-state index is -0.185. The molecule has 6 nitrogen and oxygen atoms in total. The molecule has 0 saturated carbocycles. The van der Waals surface area contributed by atoms with Crippen LogP contribution in [0.15, 0.2) is 4.52 Å². The van der Waals surface area contributed by atoms with Crippen molar-refractivity contribution in [3.8, 4) is 0 Å². The number of hydrogen-bond donors (Lipinski definition) is 1. The van der Waals surface area contributed by atoms with Gasteiger partial charge >= 0.3 is 0 Å². The molecule has 19 heavy (non-hydrogen) atoms. The Balaban J connectivity index is 2.16. The van der Waals surface area contributed by atoms with Gasteiger partial charge in [-0.25, -0.2) is 0 Å². The van der Waals surface area contributed by atoms with E-state index in [4.69, 9.17) is 10.3 Å². The summed E-state index contributed by atoms with van der Waals surface area (Å²) in [5.41, 5.74) is 6.05. The Kier molecular flexibility index (Phi) is 4.54. The second-order valence-corrected chi connectivity index (χ2v) is 5.87. The lowest BCUT2D eigenvalue weighted by Crippen LogP contribution is -2.31. The second-order valence-electron chi connectivity index (χ2n) is 5.87. The Morgan fingerprint density at radius 1 is 1.32 bits per heavy atom. The quantitative estimate of drug-likeness (QED) is 0.882. The molecule has 0 bridgehead atoms. The summed E-state index contributed by atoms with van der Waals surface area (Å²) in [6.07, 6.45) is 1.17. The Bertz CT molecular complexity index is 405. The van der Waals surface area contributed by atoms with Crippen molar-refractivity contribution < 1.29 is 4.52 Å². The van der Waals surface area contributed by atoms with E-state index in [1.165, 1.54) is 6.42 Å². The third-order valence-electron chi connectivity index (χ3n) is 3.83. The smallest absolute Gasteiger partial charge is 0.243 e. The maximum atomic E-state index is 6.05. The first kappa shape index (κ1) is 14.4. The third-order valence-corrected chi connectivity index (χ3v) is 3.83. The van der Waals surface area contributed by atoms with Gasteiger partial charge in [0, 0.05) is 6.54 Å². The first-order chi connectivity index (χ1) is 8.99. The molecule has 0 aliphatic carbocycles. The van der Waals surface area contributed by atoms with Gasteiger partial charge in [-0.15, -0.1) is 0 Å². The number of aromatic nitrogens is 2. The normalized spacial score (nSPS) is 24.6.